The van der Waals surface area contributed by atoms with E-state index >= 15 is 0 Å². The average molecular weight is 253 g/mol. The van der Waals surface area contributed by atoms with E-state index in [0.29, 0.717) is 16.6 Å². The van der Waals surface area contributed by atoms with Crippen molar-refractivity contribution in [2.24, 2.45) is 5.73 Å². The smallest absolute Gasteiger partial charge is 0.251 e. The monoisotopic (exact) mass is 252 g/mol. The Morgan fingerprint density at radius 1 is 1.29 bits per heavy atom. The molecule has 92 valence electrons. The van der Waals surface area contributed by atoms with E-state index in [1.54, 1.807) is 24.3 Å². The summed E-state index contributed by atoms with van der Waals surface area (Å²) in [7, 11) is 0. The summed E-state index contributed by atoms with van der Waals surface area (Å²) in [4.78, 5) is 11.9. The maximum Gasteiger partial charge on any atom is 0.251 e. The van der Waals surface area contributed by atoms with E-state index in [1.165, 1.54) is 0 Å². The summed E-state index contributed by atoms with van der Waals surface area (Å²) in [6.45, 7) is 0. The Balaban J connectivity index is 1.93. The van der Waals surface area contributed by atoms with Crippen LogP contribution in [0.3, 0.4) is 0 Å². The van der Waals surface area contributed by atoms with Crippen LogP contribution in [-0.4, -0.2) is 18.0 Å². The van der Waals surface area contributed by atoms with Gasteiger partial charge in [0.1, 0.15) is 0 Å². The van der Waals surface area contributed by atoms with Gasteiger partial charge in [0.25, 0.3) is 5.91 Å². The van der Waals surface area contributed by atoms with Gasteiger partial charge >= 0.3 is 0 Å². The molecule has 1 aliphatic carbocycles. The highest BCUT2D eigenvalue weighted by Gasteiger charge is 2.20. The molecule has 0 heterocycles. The lowest BCUT2D eigenvalue weighted by Crippen LogP contribution is -2.40. The Morgan fingerprint density at radius 2 is 2.00 bits per heavy atom. The lowest BCUT2D eigenvalue weighted by molar-refractivity contribution is 0.0926. The van der Waals surface area contributed by atoms with E-state index in [4.69, 9.17) is 17.3 Å². The largest absolute Gasteiger partial charge is 0.349 e. The van der Waals surface area contributed by atoms with Gasteiger partial charge < -0.3 is 11.1 Å². The number of benzene rings is 1. The third-order valence-electron chi connectivity index (χ3n) is 3.19. The minimum absolute atomic E-state index is 0.0482. The van der Waals surface area contributed by atoms with Gasteiger partial charge in [-0.15, -0.1) is 0 Å². The van der Waals surface area contributed by atoms with Crippen molar-refractivity contribution in [3.63, 3.8) is 0 Å². The van der Waals surface area contributed by atoms with Gasteiger partial charge in [0.15, 0.2) is 0 Å². The standard InChI is InChI=1S/C13H17ClN2O/c14-10-3-1-2-9(8-10)13(17)16-12-6-4-11(15)5-7-12/h1-3,8,11-12H,4-7,15H2,(H,16,17). The Bertz CT molecular complexity index is 400. The Hall–Kier alpha value is -1.06. The normalized spacial score (nSPS) is 24.4. The van der Waals surface area contributed by atoms with Gasteiger partial charge in [-0.25, -0.2) is 0 Å². The number of carbonyl (C=O) groups is 1. The molecule has 0 saturated heterocycles. The summed E-state index contributed by atoms with van der Waals surface area (Å²) < 4.78 is 0. The number of halogens is 1. The predicted molar refractivity (Wildman–Crippen MR) is 69.1 cm³/mol. The van der Waals surface area contributed by atoms with Crippen LogP contribution >= 0.6 is 11.6 Å². The van der Waals surface area contributed by atoms with Crippen LogP contribution in [-0.2, 0) is 0 Å². The van der Waals surface area contributed by atoms with E-state index in [2.05, 4.69) is 5.32 Å². The molecule has 1 fully saturated rings. The van der Waals surface area contributed by atoms with E-state index < -0.39 is 0 Å². The summed E-state index contributed by atoms with van der Waals surface area (Å²) in [6.07, 6.45) is 3.90. The number of hydrogen-bond donors (Lipinski definition) is 2. The molecule has 17 heavy (non-hydrogen) atoms. The van der Waals surface area contributed by atoms with Crippen molar-refractivity contribution < 1.29 is 4.79 Å². The summed E-state index contributed by atoms with van der Waals surface area (Å²) >= 11 is 5.85. The van der Waals surface area contributed by atoms with Crippen LogP contribution in [0.25, 0.3) is 0 Å². The van der Waals surface area contributed by atoms with Gasteiger partial charge in [-0.2, -0.15) is 0 Å². The molecule has 0 atom stereocenters. The molecule has 2 rings (SSSR count). The van der Waals surface area contributed by atoms with Crippen LogP contribution in [0.15, 0.2) is 24.3 Å². The number of nitrogens with one attached hydrogen (secondary N) is 1. The first-order chi connectivity index (χ1) is 8.15. The maximum absolute atomic E-state index is 11.9. The minimum Gasteiger partial charge on any atom is -0.349 e. The number of amides is 1. The fourth-order valence-corrected chi connectivity index (χ4v) is 2.35. The van der Waals surface area contributed by atoms with Crippen molar-refractivity contribution in [2.45, 2.75) is 37.8 Å². The summed E-state index contributed by atoms with van der Waals surface area (Å²) in [5.74, 6) is -0.0482. The zero-order chi connectivity index (χ0) is 12.3. The van der Waals surface area contributed by atoms with Crippen molar-refractivity contribution in [1.82, 2.24) is 5.32 Å². The van der Waals surface area contributed by atoms with Crippen LogP contribution < -0.4 is 11.1 Å². The molecule has 1 aromatic carbocycles. The molecule has 1 aromatic rings. The van der Waals surface area contributed by atoms with Gasteiger partial charge in [0, 0.05) is 22.7 Å². The SMILES string of the molecule is NC1CCC(NC(=O)c2cccc(Cl)c2)CC1. The Morgan fingerprint density at radius 3 is 2.65 bits per heavy atom. The van der Waals surface area contributed by atoms with Crippen molar-refractivity contribution in [1.29, 1.82) is 0 Å². The number of hydrogen-bond acceptors (Lipinski definition) is 2. The lowest BCUT2D eigenvalue weighted by atomic mass is 9.91. The second-order valence-corrected chi connectivity index (χ2v) is 5.03. The van der Waals surface area contributed by atoms with Crippen molar-refractivity contribution >= 4 is 17.5 Å². The fourth-order valence-electron chi connectivity index (χ4n) is 2.16. The third-order valence-corrected chi connectivity index (χ3v) is 3.43. The van der Waals surface area contributed by atoms with E-state index in [-0.39, 0.29) is 11.9 Å². The minimum atomic E-state index is -0.0482. The van der Waals surface area contributed by atoms with E-state index in [1.807, 2.05) is 0 Å². The van der Waals surface area contributed by atoms with Gasteiger partial charge in [0.2, 0.25) is 0 Å². The number of rotatable bonds is 2. The van der Waals surface area contributed by atoms with Gasteiger partial charge in [-0.1, -0.05) is 17.7 Å². The Kier molecular flexibility index (Phi) is 4.02. The zero-order valence-electron chi connectivity index (χ0n) is 9.66. The zero-order valence-corrected chi connectivity index (χ0v) is 10.4. The van der Waals surface area contributed by atoms with Crippen molar-refractivity contribution in [3.8, 4) is 0 Å². The maximum atomic E-state index is 11.9. The molecule has 0 radical (unpaired) electrons. The highest BCUT2D eigenvalue weighted by molar-refractivity contribution is 6.30. The second kappa shape index (κ2) is 5.52. The molecule has 1 saturated carbocycles. The molecule has 0 bridgehead atoms. The van der Waals surface area contributed by atoms with Crippen molar-refractivity contribution in [2.75, 3.05) is 0 Å². The highest BCUT2D eigenvalue weighted by Crippen LogP contribution is 2.18. The summed E-state index contributed by atoms with van der Waals surface area (Å²) in [6, 6.07) is 7.56. The Labute approximate surface area is 106 Å². The number of nitrogens with two attached hydrogens (primary N) is 1. The fraction of sp³-hybridized carbons (Fsp3) is 0.462. The lowest BCUT2D eigenvalue weighted by Gasteiger charge is -2.26. The van der Waals surface area contributed by atoms with Crippen LogP contribution in [0.1, 0.15) is 36.0 Å². The summed E-state index contributed by atoms with van der Waals surface area (Å²) in [5.41, 5.74) is 6.45. The van der Waals surface area contributed by atoms with Crippen LogP contribution in [0.4, 0.5) is 0 Å². The second-order valence-electron chi connectivity index (χ2n) is 4.60. The van der Waals surface area contributed by atoms with Crippen LogP contribution in [0.5, 0.6) is 0 Å². The summed E-state index contributed by atoms with van der Waals surface area (Å²) in [5, 5.41) is 3.62. The molecular weight excluding hydrogens is 236 g/mol. The van der Waals surface area contributed by atoms with E-state index in [0.717, 1.165) is 25.7 Å². The first-order valence-corrected chi connectivity index (χ1v) is 6.35. The molecule has 0 aliphatic heterocycles. The first-order valence-electron chi connectivity index (χ1n) is 5.97. The van der Waals surface area contributed by atoms with Crippen molar-refractivity contribution in [3.05, 3.63) is 34.9 Å². The van der Waals surface area contributed by atoms with Gasteiger partial charge in [0.05, 0.1) is 0 Å². The topological polar surface area (TPSA) is 55.1 Å². The quantitative estimate of drug-likeness (QED) is 0.849. The highest BCUT2D eigenvalue weighted by atomic mass is 35.5. The molecule has 3 N–H and O–H groups in total. The molecule has 0 unspecified atom stereocenters. The molecule has 0 aromatic heterocycles. The molecule has 1 aliphatic rings. The predicted octanol–water partition coefficient (Wildman–Crippen LogP) is 2.34. The average Bonchev–Trinajstić information content (AvgIpc) is 2.32. The molecular formula is C13H17ClN2O. The molecule has 4 heteroatoms. The van der Waals surface area contributed by atoms with E-state index in [9.17, 15) is 4.79 Å². The molecule has 3 nitrogen and oxygen atoms in total. The van der Waals surface area contributed by atoms with Crippen LogP contribution in [0.2, 0.25) is 5.02 Å². The number of carbonyl (C=O) groups excluding carboxylic acids is 1. The van der Waals surface area contributed by atoms with Gasteiger partial charge in [-0.05, 0) is 43.9 Å². The molecule has 0 spiro atoms. The first kappa shape index (κ1) is 12.4. The molecule has 1 amide bonds. The van der Waals surface area contributed by atoms with Crippen LogP contribution in [0, 0.1) is 0 Å². The third kappa shape index (κ3) is 3.45. The van der Waals surface area contributed by atoms with Gasteiger partial charge in [-0.3, -0.25) is 4.79 Å².